The number of carbonyl (C=O) groups is 1. The van der Waals surface area contributed by atoms with Crippen LogP contribution in [0.5, 0.6) is 0 Å². The van der Waals surface area contributed by atoms with Crippen LogP contribution in [0.3, 0.4) is 0 Å². The van der Waals surface area contributed by atoms with Gasteiger partial charge in [-0.15, -0.1) is 0 Å². The molecule has 1 aromatic carbocycles. The van der Waals surface area contributed by atoms with Crippen LogP contribution in [0.25, 0.3) is 0 Å². The highest BCUT2D eigenvalue weighted by Crippen LogP contribution is 2.23. The molecule has 0 unspecified atom stereocenters. The Bertz CT molecular complexity index is 622. The maximum atomic E-state index is 13.5. The Morgan fingerprint density at radius 1 is 1.50 bits per heavy atom. The molecule has 1 aromatic rings. The van der Waals surface area contributed by atoms with E-state index in [0.717, 1.165) is 12.1 Å². The monoisotopic (exact) mass is 336 g/mol. The van der Waals surface area contributed by atoms with E-state index in [0.29, 0.717) is 0 Å². The second-order valence-electron chi connectivity index (χ2n) is 3.66. The second kappa shape index (κ2) is 5.19. The molecule has 0 bridgehead atoms. The summed E-state index contributed by atoms with van der Waals surface area (Å²) in [6, 6.07) is 1.74. The van der Waals surface area contributed by atoms with Crippen molar-refractivity contribution in [3.8, 4) is 0 Å². The van der Waals surface area contributed by atoms with Crippen LogP contribution in [-0.2, 0) is 9.84 Å². The molecule has 0 aliphatic heterocycles. The van der Waals surface area contributed by atoms with Crippen LogP contribution in [-0.4, -0.2) is 25.2 Å². The maximum absolute atomic E-state index is 13.5. The highest BCUT2D eigenvalue weighted by Gasteiger charge is 2.22. The molecule has 98 valence electrons. The first-order valence-corrected chi connectivity index (χ1v) is 7.19. The molecular weight excluding hydrogens is 327 g/mol. The number of sulfone groups is 1. The normalized spacial score (nSPS) is 11.3. The van der Waals surface area contributed by atoms with Gasteiger partial charge in [0.05, 0.1) is 16.2 Å². The van der Waals surface area contributed by atoms with Crippen LogP contribution >= 0.6 is 15.9 Å². The zero-order chi connectivity index (χ0) is 14.1. The van der Waals surface area contributed by atoms with Crippen molar-refractivity contribution in [1.29, 1.82) is 0 Å². The van der Waals surface area contributed by atoms with E-state index in [1.165, 1.54) is 6.92 Å². The molecule has 7 heteroatoms. The van der Waals surface area contributed by atoms with E-state index in [4.69, 9.17) is 5.11 Å². The van der Waals surface area contributed by atoms with Gasteiger partial charge in [-0.2, -0.15) is 0 Å². The molecule has 0 fully saturated rings. The molecule has 4 nitrogen and oxygen atoms in total. The van der Waals surface area contributed by atoms with Gasteiger partial charge in [-0.1, -0.05) is 22.5 Å². The van der Waals surface area contributed by atoms with Crippen molar-refractivity contribution in [3.63, 3.8) is 0 Å². The summed E-state index contributed by atoms with van der Waals surface area (Å²) in [5, 5.41) is 8.78. The number of rotatable bonds is 4. The topological polar surface area (TPSA) is 71.4 Å². The lowest BCUT2D eigenvalue weighted by Crippen LogP contribution is -2.11. The van der Waals surface area contributed by atoms with Crippen molar-refractivity contribution in [2.45, 2.75) is 11.8 Å². The summed E-state index contributed by atoms with van der Waals surface area (Å²) in [6.45, 7) is 4.69. The van der Waals surface area contributed by atoms with Gasteiger partial charge in [0, 0.05) is 10.0 Å². The van der Waals surface area contributed by atoms with Crippen LogP contribution in [0.15, 0.2) is 28.1 Å². The van der Waals surface area contributed by atoms with E-state index in [-0.39, 0.29) is 14.9 Å². The molecule has 0 saturated heterocycles. The zero-order valence-electron chi connectivity index (χ0n) is 9.41. The van der Waals surface area contributed by atoms with E-state index in [1.54, 1.807) is 0 Å². The van der Waals surface area contributed by atoms with Gasteiger partial charge in [-0.3, -0.25) is 0 Å². The lowest BCUT2D eigenvalue weighted by atomic mass is 10.1. The summed E-state index contributed by atoms with van der Waals surface area (Å²) < 4.78 is 37.6. The van der Waals surface area contributed by atoms with Gasteiger partial charge in [0.25, 0.3) is 0 Å². The average Bonchev–Trinajstić information content (AvgIpc) is 2.19. The first-order chi connectivity index (χ1) is 8.15. The first-order valence-electron chi connectivity index (χ1n) is 4.74. The summed E-state index contributed by atoms with van der Waals surface area (Å²) in [7, 11) is -3.82. The summed E-state index contributed by atoms with van der Waals surface area (Å²) in [5.41, 5.74) is -0.509. The molecule has 0 atom stereocenters. The van der Waals surface area contributed by atoms with E-state index in [2.05, 4.69) is 22.5 Å². The van der Waals surface area contributed by atoms with E-state index in [9.17, 15) is 17.6 Å². The Labute approximate surface area is 112 Å². The third-order valence-electron chi connectivity index (χ3n) is 2.23. The van der Waals surface area contributed by atoms with Gasteiger partial charge in [-0.25, -0.2) is 17.6 Å². The third-order valence-corrected chi connectivity index (χ3v) is 4.70. The zero-order valence-corrected chi connectivity index (χ0v) is 11.8. The number of carboxylic acid groups (broad SMARTS) is 1. The van der Waals surface area contributed by atoms with Crippen molar-refractivity contribution in [2.75, 3.05) is 5.75 Å². The molecular formula is C11H10BrFO4S. The van der Waals surface area contributed by atoms with E-state index in [1.807, 2.05) is 0 Å². The quantitative estimate of drug-likeness (QED) is 0.916. The molecule has 0 amide bonds. The van der Waals surface area contributed by atoms with Crippen molar-refractivity contribution in [2.24, 2.45) is 0 Å². The Morgan fingerprint density at radius 2 is 2.06 bits per heavy atom. The van der Waals surface area contributed by atoms with E-state index >= 15 is 0 Å². The molecule has 1 rings (SSSR count). The van der Waals surface area contributed by atoms with Gasteiger partial charge < -0.3 is 5.11 Å². The van der Waals surface area contributed by atoms with Crippen LogP contribution in [0, 0.1) is 12.7 Å². The molecule has 0 heterocycles. The smallest absolute Gasteiger partial charge is 0.335 e. The lowest BCUT2D eigenvalue weighted by Gasteiger charge is -2.09. The standard InChI is InChI=1S/C11H10BrFO4S/c1-6(12)5-18(16,17)10-4-8(11(14)15)3-9(13)7(10)2/h3-4H,1,5H2,2H3,(H,14,15). The number of carboxylic acids is 1. The van der Waals surface area contributed by atoms with Crippen LogP contribution in [0.2, 0.25) is 0 Å². The fourth-order valence-electron chi connectivity index (χ4n) is 1.38. The minimum atomic E-state index is -3.82. The van der Waals surface area contributed by atoms with Gasteiger partial charge in [-0.05, 0) is 19.1 Å². The number of halogens is 2. The Kier molecular flexibility index (Phi) is 4.28. The van der Waals surface area contributed by atoms with Crippen LogP contribution in [0.4, 0.5) is 4.39 Å². The lowest BCUT2D eigenvalue weighted by molar-refractivity contribution is 0.0696. The number of hydrogen-bond donors (Lipinski definition) is 1. The molecule has 0 radical (unpaired) electrons. The predicted octanol–water partition coefficient (Wildman–Crippen LogP) is 2.51. The number of aromatic carboxylic acids is 1. The Balaban J connectivity index is 3.49. The van der Waals surface area contributed by atoms with Gasteiger partial charge in [0.15, 0.2) is 9.84 Å². The van der Waals surface area contributed by atoms with Gasteiger partial charge in [0.2, 0.25) is 0 Å². The van der Waals surface area contributed by atoms with Crippen molar-refractivity contribution < 1.29 is 22.7 Å². The van der Waals surface area contributed by atoms with E-state index < -0.39 is 32.9 Å². The minimum absolute atomic E-state index is 0.103. The van der Waals surface area contributed by atoms with Crippen molar-refractivity contribution >= 4 is 31.7 Å². The predicted molar refractivity (Wildman–Crippen MR) is 68.2 cm³/mol. The fourth-order valence-corrected chi connectivity index (χ4v) is 3.73. The average molecular weight is 337 g/mol. The summed E-state index contributed by atoms with van der Waals surface area (Å²) in [5.74, 6) is -2.67. The van der Waals surface area contributed by atoms with Gasteiger partial charge in [0.1, 0.15) is 5.82 Å². The van der Waals surface area contributed by atoms with Crippen molar-refractivity contribution in [1.82, 2.24) is 0 Å². The highest BCUT2D eigenvalue weighted by atomic mass is 79.9. The van der Waals surface area contributed by atoms with Crippen LogP contribution < -0.4 is 0 Å². The molecule has 0 aromatic heterocycles. The maximum Gasteiger partial charge on any atom is 0.335 e. The summed E-state index contributed by atoms with van der Waals surface area (Å²) in [4.78, 5) is 10.4. The summed E-state index contributed by atoms with van der Waals surface area (Å²) >= 11 is 2.91. The molecule has 0 aliphatic rings. The minimum Gasteiger partial charge on any atom is -0.478 e. The molecule has 18 heavy (non-hydrogen) atoms. The third kappa shape index (κ3) is 3.17. The Morgan fingerprint density at radius 3 is 2.50 bits per heavy atom. The number of benzene rings is 1. The molecule has 0 spiro atoms. The molecule has 1 N–H and O–H groups in total. The van der Waals surface area contributed by atoms with Crippen LogP contribution in [0.1, 0.15) is 15.9 Å². The summed E-state index contributed by atoms with van der Waals surface area (Å²) in [6.07, 6.45) is 0. The SMILES string of the molecule is C=C(Br)CS(=O)(=O)c1cc(C(=O)O)cc(F)c1C. The fraction of sp³-hybridized carbons (Fsp3) is 0.182. The first kappa shape index (κ1) is 14.8. The molecule has 0 aliphatic carbocycles. The molecule has 0 saturated carbocycles. The Hall–Kier alpha value is -1.21. The van der Waals surface area contributed by atoms with Gasteiger partial charge >= 0.3 is 5.97 Å². The largest absolute Gasteiger partial charge is 0.478 e. The van der Waals surface area contributed by atoms with Crippen molar-refractivity contribution in [3.05, 3.63) is 40.1 Å². The highest BCUT2D eigenvalue weighted by molar-refractivity contribution is 9.11. The second-order valence-corrected chi connectivity index (χ2v) is 6.74. The number of hydrogen-bond acceptors (Lipinski definition) is 3.